The molecule has 1 aromatic heterocycles. The van der Waals surface area contributed by atoms with E-state index in [9.17, 15) is 13.2 Å². The first-order valence-electron chi connectivity index (χ1n) is 8.98. The third-order valence-corrected chi connectivity index (χ3v) is 6.75. The maximum atomic E-state index is 12.6. The number of aryl methyl sites for hydroxylation is 1. The van der Waals surface area contributed by atoms with Crippen molar-refractivity contribution in [2.75, 3.05) is 25.4 Å². The topological polar surface area (TPSA) is 108 Å². The number of para-hydroxylation sites is 1. The maximum Gasteiger partial charge on any atom is 0.267 e. The largest absolute Gasteiger partial charge is 0.350 e. The highest BCUT2D eigenvalue weighted by atomic mass is 32.2. The molecule has 1 aromatic carbocycles. The molecule has 0 saturated carbocycles. The molecule has 0 radical (unpaired) electrons. The second-order valence-electron chi connectivity index (χ2n) is 6.85. The molecule has 1 aliphatic heterocycles. The predicted octanol–water partition coefficient (Wildman–Crippen LogP) is 1.35. The summed E-state index contributed by atoms with van der Waals surface area (Å²) in [6.07, 6.45) is 1.96. The van der Waals surface area contributed by atoms with E-state index in [4.69, 9.17) is 5.73 Å². The van der Waals surface area contributed by atoms with Gasteiger partial charge in [0.15, 0.2) is 0 Å². The van der Waals surface area contributed by atoms with Gasteiger partial charge in [0, 0.05) is 30.0 Å². The van der Waals surface area contributed by atoms with Gasteiger partial charge in [0.2, 0.25) is 10.0 Å². The van der Waals surface area contributed by atoms with Crippen LogP contribution in [0.1, 0.15) is 35.3 Å². The molecule has 8 heteroatoms. The SMILES string of the molecule is Cc1cccc2cc(C(=O)NC3CCCN(S(=O)(=O)CCCN)C3)[nH]c12. The van der Waals surface area contributed by atoms with Gasteiger partial charge in [-0.25, -0.2) is 8.42 Å². The standard InChI is InChI=1S/C18H26N4O3S/c1-13-5-2-6-14-11-16(21-17(13)14)18(23)20-15-7-3-9-22(12-15)26(24,25)10-4-8-19/h2,5-6,11,15,21H,3-4,7-10,12,19H2,1H3,(H,20,23). The van der Waals surface area contributed by atoms with Crippen molar-refractivity contribution in [2.24, 2.45) is 5.73 Å². The first kappa shape index (κ1) is 18.9. The van der Waals surface area contributed by atoms with Crippen molar-refractivity contribution in [3.8, 4) is 0 Å². The number of nitrogens with two attached hydrogens (primary N) is 1. The number of aromatic amines is 1. The molecular formula is C18H26N4O3S. The normalized spacial score (nSPS) is 18.9. The summed E-state index contributed by atoms with van der Waals surface area (Å²) in [5.74, 6) is -0.141. The lowest BCUT2D eigenvalue weighted by molar-refractivity contribution is 0.0917. The number of carbonyl (C=O) groups excluding carboxylic acids is 1. The van der Waals surface area contributed by atoms with Crippen molar-refractivity contribution in [1.82, 2.24) is 14.6 Å². The predicted molar refractivity (Wildman–Crippen MR) is 103 cm³/mol. The fourth-order valence-corrected chi connectivity index (χ4v) is 5.00. The summed E-state index contributed by atoms with van der Waals surface area (Å²) >= 11 is 0. The molecule has 2 heterocycles. The number of rotatable bonds is 6. The molecule has 1 saturated heterocycles. The number of H-pyrrole nitrogens is 1. The molecule has 0 bridgehead atoms. The summed E-state index contributed by atoms with van der Waals surface area (Å²) in [5.41, 5.74) is 7.95. The second-order valence-corrected chi connectivity index (χ2v) is 8.94. The lowest BCUT2D eigenvalue weighted by Crippen LogP contribution is -2.50. The Morgan fingerprint density at radius 1 is 1.42 bits per heavy atom. The fraction of sp³-hybridized carbons (Fsp3) is 0.500. The zero-order valence-corrected chi connectivity index (χ0v) is 15.8. The number of carbonyl (C=O) groups is 1. The first-order chi connectivity index (χ1) is 12.4. The minimum Gasteiger partial charge on any atom is -0.350 e. The van der Waals surface area contributed by atoms with Gasteiger partial charge < -0.3 is 16.0 Å². The average Bonchev–Trinajstić information content (AvgIpc) is 3.06. The van der Waals surface area contributed by atoms with Gasteiger partial charge in [0.1, 0.15) is 5.69 Å². The van der Waals surface area contributed by atoms with Crippen molar-refractivity contribution in [3.63, 3.8) is 0 Å². The molecule has 0 aliphatic carbocycles. The Kier molecular flexibility index (Phi) is 5.64. The molecule has 1 amide bonds. The Hall–Kier alpha value is -1.90. The highest BCUT2D eigenvalue weighted by Crippen LogP contribution is 2.20. The zero-order chi connectivity index (χ0) is 18.7. The molecular weight excluding hydrogens is 352 g/mol. The Labute approximate surface area is 154 Å². The van der Waals surface area contributed by atoms with E-state index < -0.39 is 10.0 Å². The zero-order valence-electron chi connectivity index (χ0n) is 15.0. The van der Waals surface area contributed by atoms with Gasteiger partial charge in [-0.15, -0.1) is 0 Å². The van der Waals surface area contributed by atoms with Crippen molar-refractivity contribution >= 4 is 26.8 Å². The summed E-state index contributed by atoms with van der Waals surface area (Å²) in [4.78, 5) is 15.8. The van der Waals surface area contributed by atoms with E-state index >= 15 is 0 Å². The van der Waals surface area contributed by atoms with Crippen LogP contribution in [0.25, 0.3) is 10.9 Å². The Morgan fingerprint density at radius 3 is 2.96 bits per heavy atom. The number of amides is 1. The van der Waals surface area contributed by atoms with E-state index in [2.05, 4.69) is 10.3 Å². The van der Waals surface area contributed by atoms with Gasteiger partial charge in [0.05, 0.1) is 5.75 Å². The number of piperidine rings is 1. The molecule has 7 nitrogen and oxygen atoms in total. The van der Waals surface area contributed by atoms with E-state index in [1.54, 1.807) is 0 Å². The van der Waals surface area contributed by atoms with Crippen LogP contribution >= 0.6 is 0 Å². The molecule has 2 aromatic rings. The van der Waals surface area contributed by atoms with Crippen LogP contribution in [0, 0.1) is 6.92 Å². The van der Waals surface area contributed by atoms with Crippen LogP contribution < -0.4 is 11.1 Å². The number of nitrogens with zero attached hydrogens (tertiary/aromatic N) is 1. The van der Waals surface area contributed by atoms with Gasteiger partial charge in [-0.2, -0.15) is 4.31 Å². The molecule has 142 valence electrons. The van der Waals surface area contributed by atoms with Crippen LogP contribution in [-0.4, -0.2) is 55.0 Å². The van der Waals surface area contributed by atoms with E-state index in [1.807, 2.05) is 31.2 Å². The van der Waals surface area contributed by atoms with Crippen molar-refractivity contribution in [2.45, 2.75) is 32.2 Å². The van der Waals surface area contributed by atoms with Crippen LogP contribution in [0.5, 0.6) is 0 Å². The second kappa shape index (κ2) is 7.77. The number of hydrogen-bond acceptors (Lipinski definition) is 4. The average molecular weight is 378 g/mol. The van der Waals surface area contributed by atoms with E-state index in [0.29, 0.717) is 31.7 Å². The summed E-state index contributed by atoms with van der Waals surface area (Å²) in [6, 6.07) is 7.55. The smallest absolute Gasteiger partial charge is 0.267 e. The highest BCUT2D eigenvalue weighted by molar-refractivity contribution is 7.89. The molecule has 4 N–H and O–H groups in total. The number of benzene rings is 1. The minimum atomic E-state index is -3.31. The molecule has 1 aliphatic rings. The van der Waals surface area contributed by atoms with Gasteiger partial charge in [-0.05, 0) is 44.4 Å². The van der Waals surface area contributed by atoms with E-state index in [-0.39, 0.29) is 17.7 Å². The summed E-state index contributed by atoms with van der Waals surface area (Å²) in [6.45, 7) is 3.17. The lowest BCUT2D eigenvalue weighted by atomic mass is 10.1. The third kappa shape index (κ3) is 4.08. The van der Waals surface area contributed by atoms with Crippen molar-refractivity contribution < 1.29 is 13.2 Å². The number of nitrogens with one attached hydrogen (secondary N) is 2. The molecule has 1 atom stereocenters. The first-order valence-corrected chi connectivity index (χ1v) is 10.6. The molecule has 26 heavy (non-hydrogen) atoms. The summed E-state index contributed by atoms with van der Waals surface area (Å²) < 4.78 is 26.2. The van der Waals surface area contributed by atoms with Crippen LogP contribution in [-0.2, 0) is 10.0 Å². The fourth-order valence-electron chi connectivity index (χ4n) is 3.40. The minimum absolute atomic E-state index is 0.0610. The van der Waals surface area contributed by atoms with Gasteiger partial charge in [0.25, 0.3) is 5.91 Å². The third-order valence-electron chi connectivity index (χ3n) is 4.83. The number of aromatic nitrogens is 1. The van der Waals surface area contributed by atoms with Crippen LogP contribution in [0.2, 0.25) is 0 Å². The van der Waals surface area contributed by atoms with Gasteiger partial charge in [-0.1, -0.05) is 18.2 Å². The van der Waals surface area contributed by atoms with Crippen molar-refractivity contribution in [1.29, 1.82) is 0 Å². The number of hydrogen-bond donors (Lipinski definition) is 3. The number of fused-ring (bicyclic) bond motifs is 1. The molecule has 0 spiro atoms. The van der Waals surface area contributed by atoms with Crippen LogP contribution in [0.3, 0.4) is 0 Å². The number of sulfonamides is 1. The van der Waals surface area contributed by atoms with E-state index in [0.717, 1.165) is 29.3 Å². The quantitative estimate of drug-likeness (QED) is 0.705. The Morgan fingerprint density at radius 2 is 2.23 bits per heavy atom. The molecule has 1 unspecified atom stereocenters. The Bertz CT molecular complexity index is 891. The summed E-state index contributed by atoms with van der Waals surface area (Å²) in [7, 11) is -3.31. The maximum absolute atomic E-state index is 12.6. The monoisotopic (exact) mass is 378 g/mol. The molecule has 1 fully saturated rings. The highest BCUT2D eigenvalue weighted by Gasteiger charge is 2.29. The van der Waals surface area contributed by atoms with Crippen LogP contribution in [0.4, 0.5) is 0 Å². The summed E-state index contributed by atoms with van der Waals surface area (Å²) in [5, 5.41) is 3.96. The molecule has 3 rings (SSSR count). The lowest BCUT2D eigenvalue weighted by Gasteiger charge is -2.32. The Balaban J connectivity index is 1.67. The van der Waals surface area contributed by atoms with Gasteiger partial charge >= 0.3 is 0 Å². The van der Waals surface area contributed by atoms with Gasteiger partial charge in [-0.3, -0.25) is 4.79 Å². The van der Waals surface area contributed by atoms with E-state index in [1.165, 1.54) is 4.31 Å². The van der Waals surface area contributed by atoms with Crippen molar-refractivity contribution in [3.05, 3.63) is 35.5 Å². The van der Waals surface area contributed by atoms with Crippen LogP contribution in [0.15, 0.2) is 24.3 Å².